The lowest BCUT2D eigenvalue weighted by Crippen LogP contribution is -2.32. The van der Waals surface area contributed by atoms with Gasteiger partial charge in [-0.15, -0.1) is 0 Å². The number of β-amino-alcohol motifs (C(OH)–C–C–N with tert-alkyl or cyclic N) is 1. The number of nitrogens with two attached hydrogens (primary N) is 1. The van der Waals surface area contributed by atoms with Gasteiger partial charge in [0.05, 0.1) is 6.61 Å². The second kappa shape index (κ2) is 7.24. The monoisotopic (exact) mass is 327 g/mol. The first-order valence-electron chi connectivity index (χ1n) is 6.78. The molecule has 3 N–H and O–H groups in total. The summed E-state index contributed by atoms with van der Waals surface area (Å²) in [5, 5.41) is 9.00. The SMILES string of the molecule is Nc1ccc(CN2CCCN(CCO)CC2)c(Br)c1. The largest absolute Gasteiger partial charge is 0.399 e. The second-order valence-electron chi connectivity index (χ2n) is 5.05. The maximum absolute atomic E-state index is 9.00. The minimum Gasteiger partial charge on any atom is -0.399 e. The lowest BCUT2D eigenvalue weighted by atomic mass is 10.2. The van der Waals surface area contributed by atoms with Crippen molar-refractivity contribution in [1.82, 2.24) is 9.80 Å². The molecular formula is C14H22BrN3O. The topological polar surface area (TPSA) is 52.7 Å². The highest BCUT2D eigenvalue weighted by Crippen LogP contribution is 2.21. The molecule has 0 bridgehead atoms. The third kappa shape index (κ3) is 4.45. The Morgan fingerprint density at radius 2 is 1.89 bits per heavy atom. The molecule has 1 aromatic rings. The van der Waals surface area contributed by atoms with Gasteiger partial charge in [-0.3, -0.25) is 9.80 Å². The lowest BCUT2D eigenvalue weighted by molar-refractivity contribution is 0.196. The summed E-state index contributed by atoms with van der Waals surface area (Å²) >= 11 is 3.58. The molecule has 0 spiro atoms. The van der Waals surface area contributed by atoms with Crippen LogP contribution in [0.3, 0.4) is 0 Å². The molecule has 2 rings (SSSR count). The number of anilines is 1. The van der Waals surface area contributed by atoms with Gasteiger partial charge in [-0.25, -0.2) is 0 Å². The maximum atomic E-state index is 9.00. The Hall–Kier alpha value is -0.620. The lowest BCUT2D eigenvalue weighted by Gasteiger charge is -2.21. The fraction of sp³-hybridized carbons (Fsp3) is 0.571. The number of hydrogen-bond donors (Lipinski definition) is 2. The summed E-state index contributed by atoms with van der Waals surface area (Å²) < 4.78 is 1.09. The molecule has 0 amide bonds. The second-order valence-corrected chi connectivity index (χ2v) is 5.90. The molecule has 0 aromatic heterocycles. The van der Waals surface area contributed by atoms with Gasteiger partial charge in [0.1, 0.15) is 0 Å². The number of aliphatic hydroxyl groups excluding tert-OH is 1. The van der Waals surface area contributed by atoms with Crippen LogP contribution in [0, 0.1) is 0 Å². The van der Waals surface area contributed by atoms with E-state index in [0.717, 1.165) is 55.8 Å². The fourth-order valence-electron chi connectivity index (χ4n) is 2.48. The van der Waals surface area contributed by atoms with Crippen LogP contribution in [-0.4, -0.2) is 54.2 Å². The van der Waals surface area contributed by atoms with E-state index in [-0.39, 0.29) is 6.61 Å². The van der Waals surface area contributed by atoms with Gasteiger partial charge in [0, 0.05) is 36.3 Å². The fourth-order valence-corrected chi connectivity index (χ4v) is 3.00. The van der Waals surface area contributed by atoms with Crippen LogP contribution in [0.5, 0.6) is 0 Å². The number of aliphatic hydroxyl groups is 1. The molecule has 4 nitrogen and oxygen atoms in total. The van der Waals surface area contributed by atoms with Crippen molar-refractivity contribution in [2.45, 2.75) is 13.0 Å². The Morgan fingerprint density at radius 1 is 1.16 bits per heavy atom. The molecule has 1 saturated heterocycles. The van der Waals surface area contributed by atoms with Crippen molar-refractivity contribution >= 4 is 21.6 Å². The van der Waals surface area contributed by atoms with Crippen LogP contribution < -0.4 is 5.73 Å². The Labute approximate surface area is 123 Å². The van der Waals surface area contributed by atoms with E-state index in [1.54, 1.807) is 0 Å². The number of benzene rings is 1. The van der Waals surface area contributed by atoms with Crippen molar-refractivity contribution in [3.63, 3.8) is 0 Å². The average molecular weight is 328 g/mol. The minimum atomic E-state index is 0.253. The molecule has 0 aliphatic carbocycles. The molecule has 0 unspecified atom stereocenters. The van der Waals surface area contributed by atoms with Gasteiger partial charge in [-0.05, 0) is 37.2 Å². The van der Waals surface area contributed by atoms with E-state index >= 15 is 0 Å². The maximum Gasteiger partial charge on any atom is 0.0558 e. The summed E-state index contributed by atoms with van der Waals surface area (Å²) in [7, 11) is 0. The highest BCUT2D eigenvalue weighted by molar-refractivity contribution is 9.10. The molecule has 0 atom stereocenters. The van der Waals surface area contributed by atoms with Crippen LogP contribution in [0.1, 0.15) is 12.0 Å². The van der Waals surface area contributed by atoms with Gasteiger partial charge in [0.25, 0.3) is 0 Å². The smallest absolute Gasteiger partial charge is 0.0558 e. The van der Waals surface area contributed by atoms with Crippen LogP contribution in [0.4, 0.5) is 5.69 Å². The van der Waals surface area contributed by atoms with E-state index in [1.165, 1.54) is 5.56 Å². The molecule has 1 heterocycles. The van der Waals surface area contributed by atoms with Crippen molar-refractivity contribution in [3.8, 4) is 0 Å². The molecule has 19 heavy (non-hydrogen) atoms. The molecule has 0 radical (unpaired) electrons. The normalized spacial score (nSPS) is 18.4. The van der Waals surface area contributed by atoms with Gasteiger partial charge in [0.2, 0.25) is 0 Å². The average Bonchev–Trinajstić information content (AvgIpc) is 2.59. The van der Waals surface area contributed by atoms with Crippen LogP contribution in [0.25, 0.3) is 0 Å². The molecule has 106 valence electrons. The van der Waals surface area contributed by atoms with Crippen LogP contribution >= 0.6 is 15.9 Å². The number of halogens is 1. The molecular weight excluding hydrogens is 306 g/mol. The highest BCUT2D eigenvalue weighted by atomic mass is 79.9. The molecule has 1 aliphatic rings. The van der Waals surface area contributed by atoms with Crippen molar-refractivity contribution in [1.29, 1.82) is 0 Å². The highest BCUT2D eigenvalue weighted by Gasteiger charge is 2.15. The number of nitrogen functional groups attached to an aromatic ring is 1. The number of nitrogens with zero attached hydrogens (tertiary/aromatic N) is 2. The Bertz CT molecular complexity index is 414. The van der Waals surface area contributed by atoms with E-state index in [2.05, 4.69) is 31.8 Å². The van der Waals surface area contributed by atoms with E-state index < -0.39 is 0 Å². The molecule has 1 aromatic carbocycles. The Balaban J connectivity index is 1.92. The van der Waals surface area contributed by atoms with E-state index in [9.17, 15) is 0 Å². The standard InChI is InChI=1S/C14H22BrN3O/c15-14-10-13(16)3-2-12(14)11-18-5-1-4-17(6-7-18)8-9-19/h2-3,10,19H,1,4-9,11,16H2. The van der Waals surface area contributed by atoms with E-state index in [0.29, 0.717) is 0 Å². The first kappa shape index (κ1) is 14.8. The predicted molar refractivity (Wildman–Crippen MR) is 82.0 cm³/mol. The molecule has 5 heteroatoms. The summed E-state index contributed by atoms with van der Waals surface area (Å²) in [5.74, 6) is 0. The molecule has 1 aliphatic heterocycles. The first-order chi connectivity index (χ1) is 9.19. The van der Waals surface area contributed by atoms with E-state index in [4.69, 9.17) is 10.8 Å². The summed E-state index contributed by atoms with van der Waals surface area (Å²) in [5.41, 5.74) is 7.84. The predicted octanol–water partition coefficient (Wildman–Crippen LogP) is 1.53. The van der Waals surface area contributed by atoms with Gasteiger partial charge in [0.15, 0.2) is 0 Å². The summed E-state index contributed by atoms with van der Waals surface area (Å²) in [6, 6.07) is 6.01. The zero-order chi connectivity index (χ0) is 13.7. The van der Waals surface area contributed by atoms with E-state index in [1.807, 2.05) is 12.1 Å². The zero-order valence-corrected chi connectivity index (χ0v) is 12.8. The summed E-state index contributed by atoms with van der Waals surface area (Å²) in [6.45, 7) is 6.28. The minimum absolute atomic E-state index is 0.253. The molecule has 0 saturated carbocycles. The zero-order valence-electron chi connectivity index (χ0n) is 11.2. The third-order valence-electron chi connectivity index (χ3n) is 3.57. The Morgan fingerprint density at radius 3 is 2.63 bits per heavy atom. The Kier molecular flexibility index (Phi) is 5.63. The van der Waals surface area contributed by atoms with Crippen molar-refractivity contribution < 1.29 is 5.11 Å². The first-order valence-corrected chi connectivity index (χ1v) is 7.58. The molecule has 1 fully saturated rings. The van der Waals surface area contributed by atoms with Crippen molar-refractivity contribution in [2.24, 2.45) is 0 Å². The van der Waals surface area contributed by atoms with Gasteiger partial charge < -0.3 is 10.8 Å². The third-order valence-corrected chi connectivity index (χ3v) is 4.31. The summed E-state index contributed by atoms with van der Waals surface area (Å²) in [4.78, 5) is 4.80. The van der Waals surface area contributed by atoms with Gasteiger partial charge in [-0.2, -0.15) is 0 Å². The quantitative estimate of drug-likeness (QED) is 0.823. The number of hydrogen-bond acceptors (Lipinski definition) is 4. The van der Waals surface area contributed by atoms with Crippen LogP contribution in [0.15, 0.2) is 22.7 Å². The van der Waals surface area contributed by atoms with Crippen molar-refractivity contribution in [3.05, 3.63) is 28.2 Å². The number of rotatable bonds is 4. The van der Waals surface area contributed by atoms with Crippen molar-refractivity contribution in [2.75, 3.05) is 45.1 Å². The van der Waals surface area contributed by atoms with Crippen LogP contribution in [-0.2, 0) is 6.54 Å². The van der Waals surface area contributed by atoms with Gasteiger partial charge in [-0.1, -0.05) is 22.0 Å². The van der Waals surface area contributed by atoms with Crippen LogP contribution in [0.2, 0.25) is 0 Å². The summed E-state index contributed by atoms with van der Waals surface area (Å²) in [6.07, 6.45) is 1.16. The van der Waals surface area contributed by atoms with Gasteiger partial charge >= 0.3 is 0 Å².